The van der Waals surface area contributed by atoms with Crippen molar-refractivity contribution < 1.29 is 14.2 Å². The molecule has 1 saturated heterocycles. The third-order valence-corrected chi connectivity index (χ3v) is 5.13. The number of hydrogen-bond donors (Lipinski definition) is 2. The van der Waals surface area contributed by atoms with Crippen molar-refractivity contribution in [3.63, 3.8) is 0 Å². The minimum absolute atomic E-state index is 0.0364. The number of rotatable bonds is 8. The summed E-state index contributed by atoms with van der Waals surface area (Å²) in [5.41, 5.74) is 0.0926. The van der Waals surface area contributed by atoms with E-state index in [1.165, 1.54) is 0 Å². The van der Waals surface area contributed by atoms with Crippen LogP contribution in [-0.4, -0.2) is 77.1 Å². The van der Waals surface area contributed by atoms with E-state index in [2.05, 4.69) is 34.6 Å². The first-order valence-corrected chi connectivity index (χ1v) is 9.50. The largest absolute Gasteiger partial charge is 0.493 e. The smallest absolute Gasteiger partial charge is 0.191 e. The van der Waals surface area contributed by atoms with Crippen molar-refractivity contribution >= 4 is 5.96 Å². The van der Waals surface area contributed by atoms with Crippen molar-refractivity contribution in [2.24, 2.45) is 4.99 Å². The highest BCUT2D eigenvalue weighted by molar-refractivity contribution is 5.79. The molecule has 0 radical (unpaired) electrons. The molecule has 1 unspecified atom stereocenters. The summed E-state index contributed by atoms with van der Waals surface area (Å²) < 4.78 is 16.9. The fourth-order valence-corrected chi connectivity index (χ4v) is 3.22. The number of nitrogens with one attached hydrogen (secondary N) is 2. The van der Waals surface area contributed by atoms with Gasteiger partial charge >= 0.3 is 0 Å². The first kappa shape index (κ1) is 21.3. The predicted octanol–water partition coefficient (Wildman–Crippen LogP) is 1.74. The molecule has 1 aromatic carbocycles. The zero-order valence-electron chi connectivity index (χ0n) is 17.2. The van der Waals surface area contributed by atoms with Crippen LogP contribution in [0.15, 0.2) is 29.3 Å². The number of ether oxygens (including phenoxy) is 3. The highest BCUT2D eigenvalue weighted by atomic mass is 16.5. The second-order valence-corrected chi connectivity index (χ2v) is 7.12. The van der Waals surface area contributed by atoms with E-state index in [1.807, 2.05) is 31.2 Å². The van der Waals surface area contributed by atoms with E-state index in [-0.39, 0.29) is 11.6 Å². The number of hydrogen-bond acceptors (Lipinski definition) is 5. The van der Waals surface area contributed by atoms with E-state index >= 15 is 0 Å². The zero-order chi connectivity index (χ0) is 19.7. The number of aliphatic imine (C=N–C) groups is 1. The highest BCUT2D eigenvalue weighted by Crippen LogP contribution is 2.27. The Kier molecular flexibility index (Phi) is 8.19. The number of likely N-dealkylation sites (N-methyl/N-ethyl adjacent to an activating group) is 1. The summed E-state index contributed by atoms with van der Waals surface area (Å²) in [6, 6.07) is 7.67. The van der Waals surface area contributed by atoms with Crippen LogP contribution in [0.4, 0.5) is 0 Å². The summed E-state index contributed by atoms with van der Waals surface area (Å²) in [7, 11) is 7.69. The molecule has 1 atom stereocenters. The molecule has 0 aromatic heterocycles. The molecule has 27 heavy (non-hydrogen) atoms. The lowest BCUT2D eigenvalue weighted by Crippen LogP contribution is -2.57. The van der Waals surface area contributed by atoms with E-state index in [0.29, 0.717) is 6.54 Å². The summed E-state index contributed by atoms with van der Waals surface area (Å²) in [4.78, 5) is 6.63. The first-order chi connectivity index (χ1) is 13.0. The zero-order valence-corrected chi connectivity index (χ0v) is 17.2. The topological polar surface area (TPSA) is 67.4 Å². The number of benzene rings is 1. The molecule has 1 aliphatic heterocycles. The van der Waals surface area contributed by atoms with Crippen LogP contribution in [0, 0.1) is 0 Å². The molecule has 0 amide bonds. The second-order valence-electron chi connectivity index (χ2n) is 7.12. The lowest BCUT2D eigenvalue weighted by molar-refractivity contribution is -0.00502. The highest BCUT2D eigenvalue weighted by Gasteiger charge is 2.34. The van der Waals surface area contributed by atoms with Crippen molar-refractivity contribution in [2.45, 2.75) is 31.4 Å². The monoisotopic (exact) mass is 378 g/mol. The minimum Gasteiger partial charge on any atom is -0.493 e. The summed E-state index contributed by atoms with van der Waals surface area (Å²) in [5.74, 6) is 2.25. The van der Waals surface area contributed by atoms with Crippen LogP contribution >= 0.6 is 0 Å². The minimum atomic E-state index is -0.0364. The molecule has 0 bridgehead atoms. The molecule has 152 valence electrons. The van der Waals surface area contributed by atoms with Crippen LogP contribution in [-0.2, 0) is 4.74 Å². The second kappa shape index (κ2) is 10.4. The van der Waals surface area contributed by atoms with Crippen molar-refractivity contribution in [1.82, 2.24) is 15.5 Å². The maximum atomic E-state index is 5.99. The summed E-state index contributed by atoms with van der Waals surface area (Å²) in [6.45, 7) is 5.08. The molecule has 1 heterocycles. The molecular formula is C20H34N4O3. The summed E-state index contributed by atoms with van der Waals surface area (Å²) in [5, 5.41) is 6.81. The van der Waals surface area contributed by atoms with Gasteiger partial charge in [0.25, 0.3) is 0 Å². The average molecular weight is 379 g/mol. The van der Waals surface area contributed by atoms with Crippen LogP contribution in [0.1, 0.15) is 19.8 Å². The molecule has 1 aromatic rings. The van der Waals surface area contributed by atoms with Gasteiger partial charge < -0.3 is 29.7 Å². The van der Waals surface area contributed by atoms with E-state index < -0.39 is 0 Å². The van der Waals surface area contributed by atoms with Gasteiger partial charge in [0.2, 0.25) is 0 Å². The van der Waals surface area contributed by atoms with Gasteiger partial charge in [-0.05, 0) is 46.0 Å². The van der Waals surface area contributed by atoms with Gasteiger partial charge in [-0.25, -0.2) is 0 Å². The molecule has 2 rings (SSSR count). The third-order valence-electron chi connectivity index (χ3n) is 5.13. The fourth-order valence-electron chi connectivity index (χ4n) is 3.22. The van der Waals surface area contributed by atoms with Gasteiger partial charge in [-0.1, -0.05) is 12.1 Å². The number of methoxy groups -OCH3 is 1. The Morgan fingerprint density at radius 3 is 2.48 bits per heavy atom. The third kappa shape index (κ3) is 6.01. The van der Waals surface area contributed by atoms with Gasteiger partial charge in [-0.2, -0.15) is 0 Å². The molecule has 1 aliphatic rings. The molecular weight excluding hydrogens is 344 g/mol. The Hall–Kier alpha value is -1.99. The van der Waals surface area contributed by atoms with Crippen LogP contribution < -0.4 is 20.1 Å². The molecule has 0 spiro atoms. The molecule has 7 heteroatoms. The van der Waals surface area contributed by atoms with E-state index in [4.69, 9.17) is 14.2 Å². The molecule has 0 saturated carbocycles. The van der Waals surface area contributed by atoms with Crippen LogP contribution in [0.2, 0.25) is 0 Å². The summed E-state index contributed by atoms with van der Waals surface area (Å²) >= 11 is 0. The SMILES string of the molecule is CN=C(NCC(C)Oc1ccccc1OC)NCC1(N(C)C)CCOCC1. The Morgan fingerprint density at radius 1 is 1.22 bits per heavy atom. The number of nitrogens with zero attached hydrogens (tertiary/aromatic N) is 2. The predicted molar refractivity (Wildman–Crippen MR) is 109 cm³/mol. The van der Waals surface area contributed by atoms with E-state index in [9.17, 15) is 0 Å². The van der Waals surface area contributed by atoms with Gasteiger partial charge in [0.05, 0.1) is 13.7 Å². The van der Waals surface area contributed by atoms with Gasteiger partial charge in [0, 0.05) is 32.3 Å². The fraction of sp³-hybridized carbons (Fsp3) is 0.650. The standard InChI is InChI=1S/C20H34N4O3/c1-16(27-18-9-7-6-8-17(18)25-5)14-22-19(21-2)23-15-20(24(3)4)10-12-26-13-11-20/h6-9,16H,10-15H2,1-5H3,(H2,21,22,23). The van der Waals surface area contributed by atoms with Crippen molar-refractivity contribution in [2.75, 3.05) is 54.6 Å². The van der Waals surface area contributed by atoms with Crippen LogP contribution in [0.25, 0.3) is 0 Å². The first-order valence-electron chi connectivity index (χ1n) is 9.50. The maximum absolute atomic E-state index is 5.99. The van der Waals surface area contributed by atoms with Crippen molar-refractivity contribution in [1.29, 1.82) is 0 Å². The van der Waals surface area contributed by atoms with Crippen LogP contribution in [0.5, 0.6) is 11.5 Å². The van der Waals surface area contributed by atoms with Gasteiger partial charge in [-0.15, -0.1) is 0 Å². The Balaban J connectivity index is 1.84. The summed E-state index contributed by atoms with van der Waals surface area (Å²) in [6.07, 6.45) is 1.99. The Morgan fingerprint density at radius 2 is 1.89 bits per heavy atom. The lowest BCUT2D eigenvalue weighted by atomic mass is 9.88. The van der Waals surface area contributed by atoms with Crippen molar-refractivity contribution in [3.05, 3.63) is 24.3 Å². The molecule has 2 N–H and O–H groups in total. The number of guanidine groups is 1. The van der Waals surface area contributed by atoms with Gasteiger partial charge in [-0.3, -0.25) is 4.99 Å². The van der Waals surface area contributed by atoms with Gasteiger partial charge in [0.1, 0.15) is 6.10 Å². The maximum Gasteiger partial charge on any atom is 0.191 e. The van der Waals surface area contributed by atoms with E-state index in [1.54, 1.807) is 14.2 Å². The van der Waals surface area contributed by atoms with Gasteiger partial charge in [0.15, 0.2) is 17.5 Å². The lowest BCUT2D eigenvalue weighted by Gasteiger charge is -2.43. The normalized spacial score (nSPS) is 18.1. The van der Waals surface area contributed by atoms with Crippen molar-refractivity contribution in [3.8, 4) is 11.5 Å². The Bertz CT molecular complexity index is 601. The van der Waals surface area contributed by atoms with E-state index in [0.717, 1.165) is 50.1 Å². The molecule has 0 aliphatic carbocycles. The average Bonchev–Trinajstić information content (AvgIpc) is 2.69. The molecule has 1 fully saturated rings. The van der Waals surface area contributed by atoms with Crippen LogP contribution in [0.3, 0.4) is 0 Å². The quantitative estimate of drug-likeness (QED) is 0.531. The molecule has 7 nitrogen and oxygen atoms in total. The Labute approximate surface area is 163 Å². The number of para-hydroxylation sites is 2.